The van der Waals surface area contributed by atoms with Crippen LogP contribution in [0.3, 0.4) is 0 Å². The normalized spacial score (nSPS) is 24.0. The van der Waals surface area contributed by atoms with E-state index in [9.17, 15) is 0 Å². The molecule has 2 heteroatoms. The second kappa shape index (κ2) is 6.15. The topological polar surface area (TPSA) is 3.24 Å². The molecule has 0 amide bonds. The maximum absolute atomic E-state index is 4.46. The van der Waals surface area contributed by atoms with E-state index in [1.165, 1.54) is 45.3 Å². The highest BCUT2D eigenvalue weighted by atomic mass is 32.1. The van der Waals surface area contributed by atoms with Crippen LogP contribution in [0.4, 0.5) is 0 Å². The van der Waals surface area contributed by atoms with E-state index in [-0.39, 0.29) is 0 Å². The summed E-state index contributed by atoms with van der Waals surface area (Å²) in [7, 11) is 0. The molecule has 1 saturated heterocycles. The van der Waals surface area contributed by atoms with E-state index < -0.39 is 0 Å². The minimum Gasteiger partial charge on any atom is -0.303 e. The highest BCUT2D eigenvalue weighted by molar-refractivity contribution is 7.80. The van der Waals surface area contributed by atoms with E-state index >= 15 is 0 Å². The second-order valence-electron chi connectivity index (χ2n) is 5.80. The molecule has 0 aromatic heterocycles. The van der Waals surface area contributed by atoms with Crippen LogP contribution in [0.1, 0.15) is 46.5 Å². The standard InChI is InChI=1S/C13H27NS/c1-4-5-12(11-15)10-14-8-6-13(2,3)7-9-14/h12,15H,4-11H2,1-3H3. The summed E-state index contributed by atoms with van der Waals surface area (Å²) in [6.07, 6.45) is 5.35. The fourth-order valence-corrected chi connectivity index (χ4v) is 2.65. The molecule has 0 aromatic rings. The average molecular weight is 229 g/mol. The lowest BCUT2D eigenvalue weighted by atomic mass is 9.82. The molecule has 0 radical (unpaired) electrons. The predicted octanol–water partition coefficient (Wildman–Crippen LogP) is 3.45. The third-order valence-electron chi connectivity index (χ3n) is 3.68. The molecule has 1 heterocycles. The molecule has 1 aliphatic heterocycles. The van der Waals surface area contributed by atoms with Gasteiger partial charge in [-0.2, -0.15) is 12.6 Å². The Labute approximate surface area is 101 Å². The predicted molar refractivity (Wildman–Crippen MR) is 71.7 cm³/mol. The zero-order valence-corrected chi connectivity index (χ0v) is 11.5. The van der Waals surface area contributed by atoms with Gasteiger partial charge in [-0.15, -0.1) is 0 Å². The van der Waals surface area contributed by atoms with Gasteiger partial charge >= 0.3 is 0 Å². The molecule has 0 aromatic carbocycles. The monoisotopic (exact) mass is 229 g/mol. The van der Waals surface area contributed by atoms with Gasteiger partial charge in [-0.1, -0.05) is 27.2 Å². The van der Waals surface area contributed by atoms with Gasteiger partial charge in [0.2, 0.25) is 0 Å². The number of hydrogen-bond acceptors (Lipinski definition) is 2. The van der Waals surface area contributed by atoms with E-state index in [2.05, 4.69) is 38.3 Å². The Balaban J connectivity index is 2.28. The average Bonchev–Trinajstić information content (AvgIpc) is 2.20. The van der Waals surface area contributed by atoms with Gasteiger partial charge in [-0.25, -0.2) is 0 Å². The number of nitrogens with zero attached hydrogens (tertiary/aromatic N) is 1. The highest BCUT2D eigenvalue weighted by Crippen LogP contribution is 2.30. The van der Waals surface area contributed by atoms with Gasteiger partial charge in [-0.3, -0.25) is 0 Å². The van der Waals surface area contributed by atoms with Crippen LogP contribution in [0.25, 0.3) is 0 Å². The summed E-state index contributed by atoms with van der Waals surface area (Å²) in [5.41, 5.74) is 0.581. The molecule has 1 nitrogen and oxygen atoms in total. The summed E-state index contributed by atoms with van der Waals surface area (Å²) in [6.45, 7) is 10.9. The minimum atomic E-state index is 0.581. The molecule has 1 atom stereocenters. The molecule has 90 valence electrons. The molecule has 1 aliphatic rings. The van der Waals surface area contributed by atoms with Crippen LogP contribution in [-0.2, 0) is 0 Å². The first-order valence-corrected chi connectivity index (χ1v) is 7.04. The van der Waals surface area contributed by atoms with Crippen molar-refractivity contribution in [2.24, 2.45) is 11.3 Å². The summed E-state index contributed by atoms with van der Waals surface area (Å²) < 4.78 is 0. The van der Waals surface area contributed by atoms with Crippen LogP contribution < -0.4 is 0 Å². The fourth-order valence-electron chi connectivity index (χ4n) is 2.35. The lowest BCUT2D eigenvalue weighted by molar-refractivity contribution is 0.118. The zero-order valence-electron chi connectivity index (χ0n) is 10.6. The number of hydrogen-bond donors (Lipinski definition) is 1. The van der Waals surface area contributed by atoms with E-state index in [0.717, 1.165) is 11.7 Å². The number of likely N-dealkylation sites (tertiary alicyclic amines) is 1. The van der Waals surface area contributed by atoms with Gasteiger partial charge in [0, 0.05) is 6.54 Å². The van der Waals surface area contributed by atoms with Gasteiger partial charge in [0.1, 0.15) is 0 Å². The Kier molecular flexibility index (Phi) is 5.48. The molecule has 1 fully saturated rings. The summed E-state index contributed by atoms with van der Waals surface area (Å²) in [5.74, 6) is 1.85. The number of rotatable bonds is 5. The van der Waals surface area contributed by atoms with Gasteiger partial charge in [0.15, 0.2) is 0 Å². The molecule has 0 N–H and O–H groups in total. The minimum absolute atomic E-state index is 0.581. The van der Waals surface area contributed by atoms with Crippen LogP contribution in [0.2, 0.25) is 0 Å². The van der Waals surface area contributed by atoms with Crippen molar-refractivity contribution in [3.63, 3.8) is 0 Å². The molecular formula is C13H27NS. The lowest BCUT2D eigenvalue weighted by Crippen LogP contribution is -2.40. The van der Waals surface area contributed by atoms with Crippen LogP contribution >= 0.6 is 12.6 Å². The molecule has 0 saturated carbocycles. The lowest BCUT2D eigenvalue weighted by Gasteiger charge is -2.38. The molecular weight excluding hydrogens is 202 g/mol. The molecule has 1 rings (SSSR count). The molecule has 0 aliphatic carbocycles. The van der Waals surface area contributed by atoms with Crippen molar-refractivity contribution in [2.75, 3.05) is 25.4 Å². The van der Waals surface area contributed by atoms with Crippen molar-refractivity contribution in [3.05, 3.63) is 0 Å². The Morgan fingerprint density at radius 2 is 1.87 bits per heavy atom. The van der Waals surface area contributed by atoms with E-state index in [0.29, 0.717) is 5.41 Å². The smallest absolute Gasteiger partial charge is 0.00175 e. The van der Waals surface area contributed by atoms with Crippen molar-refractivity contribution in [1.29, 1.82) is 0 Å². The second-order valence-corrected chi connectivity index (χ2v) is 6.17. The van der Waals surface area contributed by atoms with Crippen molar-refractivity contribution in [3.8, 4) is 0 Å². The summed E-state index contributed by atoms with van der Waals surface area (Å²) in [6, 6.07) is 0. The molecule has 15 heavy (non-hydrogen) atoms. The van der Waals surface area contributed by atoms with Crippen LogP contribution in [0.15, 0.2) is 0 Å². The number of thiol groups is 1. The van der Waals surface area contributed by atoms with E-state index in [1.807, 2.05) is 0 Å². The van der Waals surface area contributed by atoms with Crippen molar-refractivity contribution in [2.45, 2.75) is 46.5 Å². The quantitative estimate of drug-likeness (QED) is 0.707. The van der Waals surface area contributed by atoms with Gasteiger partial charge in [0.05, 0.1) is 0 Å². The summed E-state index contributed by atoms with van der Waals surface area (Å²) in [4.78, 5) is 2.64. The fraction of sp³-hybridized carbons (Fsp3) is 1.00. The largest absolute Gasteiger partial charge is 0.303 e. The molecule has 0 bridgehead atoms. The zero-order chi connectivity index (χ0) is 11.3. The van der Waals surface area contributed by atoms with Crippen molar-refractivity contribution < 1.29 is 0 Å². The Morgan fingerprint density at radius 1 is 1.27 bits per heavy atom. The van der Waals surface area contributed by atoms with Crippen molar-refractivity contribution >= 4 is 12.6 Å². The molecule has 0 spiro atoms. The first-order chi connectivity index (χ1) is 7.07. The maximum Gasteiger partial charge on any atom is 0.00175 e. The van der Waals surface area contributed by atoms with Crippen LogP contribution in [-0.4, -0.2) is 30.3 Å². The van der Waals surface area contributed by atoms with Crippen LogP contribution in [0.5, 0.6) is 0 Å². The third-order valence-corrected chi connectivity index (χ3v) is 4.20. The molecule has 1 unspecified atom stereocenters. The first-order valence-electron chi connectivity index (χ1n) is 6.40. The van der Waals surface area contributed by atoms with E-state index in [4.69, 9.17) is 0 Å². The van der Waals surface area contributed by atoms with Gasteiger partial charge < -0.3 is 4.90 Å². The Hall–Kier alpha value is 0.310. The summed E-state index contributed by atoms with van der Waals surface area (Å²) >= 11 is 4.46. The highest BCUT2D eigenvalue weighted by Gasteiger charge is 2.26. The van der Waals surface area contributed by atoms with Crippen molar-refractivity contribution in [1.82, 2.24) is 4.90 Å². The van der Waals surface area contributed by atoms with Crippen LogP contribution in [0, 0.1) is 11.3 Å². The SMILES string of the molecule is CCCC(CS)CN1CCC(C)(C)CC1. The summed E-state index contributed by atoms with van der Waals surface area (Å²) in [5, 5.41) is 0. The third kappa shape index (κ3) is 4.78. The van der Waals surface area contributed by atoms with Gasteiger partial charge in [0.25, 0.3) is 0 Å². The van der Waals surface area contributed by atoms with Gasteiger partial charge in [-0.05, 0) is 49.4 Å². The first kappa shape index (κ1) is 13.4. The maximum atomic E-state index is 4.46. The Morgan fingerprint density at radius 3 is 2.33 bits per heavy atom. The van der Waals surface area contributed by atoms with E-state index in [1.54, 1.807) is 0 Å². The number of piperidine rings is 1. The Bertz CT molecular complexity index is 169.